The van der Waals surface area contributed by atoms with Gasteiger partial charge in [-0.1, -0.05) is 75.5 Å². The van der Waals surface area contributed by atoms with Crippen LogP contribution in [0, 0.1) is 5.41 Å². The number of carbonyl (C=O) groups is 2. The smallest absolute Gasteiger partial charge is 0.405 e. The Balaban J connectivity index is 2.36. The van der Waals surface area contributed by atoms with Crippen LogP contribution in [0.25, 0.3) is 10.8 Å². The highest BCUT2D eigenvalue weighted by atomic mass is 35.5. The molecule has 0 aliphatic carbocycles. The molecule has 3 N–H and O–H groups in total. The van der Waals surface area contributed by atoms with E-state index in [-0.39, 0.29) is 22.0 Å². The summed E-state index contributed by atoms with van der Waals surface area (Å²) in [6, 6.07) is 10.5. The molecule has 38 heavy (non-hydrogen) atoms. The lowest BCUT2D eigenvalue weighted by molar-refractivity contribution is -0.108. The number of benzene rings is 2. The van der Waals surface area contributed by atoms with E-state index in [1.807, 2.05) is 58.0 Å². The zero-order valence-corrected chi connectivity index (χ0v) is 23.4. The standard InChI is InChI=1S/C28H33Cl2N3O5/c1-5-6-12-38-24-19-13-21(29)22(30)14-20(19)26(35)33(23(24)25(28(2,3)4)32-27(36)37)15-18(16-34)31-17-10-8-7-9-11-17/h7-11,13-14,16,18,25,31-32H,5-6,12,15H2,1-4H3,(H,36,37). The van der Waals surface area contributed by atoms with Crippen LogP contribution in [0.5, 0.6) is 5.75 Å². The van der Waals surface area contributed by atoms with Gasteiger partial charge in [-0.2, -0.15) is 0 Å². The fourth-order valence-corrected chi connectivity index (χ4v) is 4.58. The van der Waals surface area contributed by atoms with Gasteiger partial charge >= 0.3 is 6.09 Å². The van der Waals surface area contributed by atoms with Crippen molar-refractivity contribution >= 4 is 52.0 Å². The molecule has 3 aromatic rings. The number of amides is 1. The Hall–Kier alpha value is -3.23. The van der Waals surface area contributed by atoms with Crippen molar-refractivity contribution in [2.45, 2.75) is 59.2 Å². The predicted octanol–water partition coefficient (Wildman–Crippen LogP) is 6.52. The number of anilines is 1. The van der Waals surface area contributed by atoms with Gasteiger partial charge in [0, 0.05) is 11.1 Å². The van der Waals surface area contributed by atoms with E-state index >= 15 is 0 Å². The first-order valence-electron chi connectivity index (χ1n) is 12.4. The minimum atomic E-state index is -1.26. The highest BCUT2D eigenvalue weighted by Gasteiger charge is 2.35. The first kappa shape index (κ1) is 29.3. The van der Waals surface area contributed by atoms with Crippen LogP contribution in [0.2, 0.25) is 10.0 Å². The monoisotopic (exact) mass is 561 g/mol. The Morgan fingerprint density at radius 1 is 1.13 bits per heavy atom. The number of fused-ring (bicyclic) bond motifs is 1. The van der Waals surface area contributed by atoms with Gasteiger partial charge in [0.1, 0.15) is 18.1 Å². The van der Waals surface area contributed by atoms with Crippen LogP contribution in [0.1, 0.15) is 52.3 Å². The molecule has 1 heterocycles. The number of ether oxygens (including phenoxy) is 1. The minimum absolute atomic E-state index is 0.0826. The Kier molecular flexibility index (Phi) is 9.68. The van der Waals surface area contributed by atoms with Crippen LogP contribution in [0.15, 0.2) is 47.3 Å². The van der Waals surface area contributed by atoms with E-state index in [4.69, 9.17) is 27.9 Å². The summed E-state index contributed by atoms with van der Waals surface area (Å²) < 4.78 is 7.68. The maximum Gasteiger partial charge on any atom is 0.405 e. The first-order chi connectivity index (χ1) is 18.0. The van der Waals surface area contributed by atoms with Crippen molar-refractivity contribution in [1.29, 1.82) is 0 Å². The van der Waals surface area contributed by atoms with Crippen LogP contribution in [0.3, 0.4) is 0 Å². The van der Waals surface area contributed by atoms with Crippen LogP contribution in [-0.4, -0.2) is 34.7 Å². The Bertz CT molecular complexity index is 1350. The number of nitrogens with zero attached hydrogens (tertiary/aromatic N) is 1. The number of aromatic nitrogens is 1. The third kappa shape index (κ3) is 6.79. The summed E-state index contributed by atoms with van der Waals surface area (Å²) >= 11 is 12.6. The number of hydrogen-bond donors (Lipinski definition) is 3. The largest absolute Gasteiger partial charge is 0.491 e. The number of hydrogen-bond acceptors (Lipinski definition) is 5. The summed E-state index contributed by atoms with van der Waals surface area (Å²) in [4.78, 5) is 38.1. The minimum Gasteiger partial charge on any atom is -0.491 e. The number of aldehydes is 1. The van der Waals surface area contributed by atoms with Gasteiger partial charge in [0.05, 0.1) is 40.3 Å². The molecule has 1 amide bonds. The molecule has 0 spiro atoms. The SMILES string of the molecule is CCCCOc1c(C(NC(=O)O)C(C)(C)C)n(CC(C=O)Nc2ccccc2)c(=O)c2cc(Cl)c(Cl)cc12. The van der Waals surface area contributed by atoms with Crippen molar-refractivity contribution in [3.8, 4) is 5.75 Å². The van der Waals surface area contributed by atoms with Crippen molar-refractivity contribution in [2.75, 3.05) is 11.9 Å². The molecule has 0 fully saturated rings. The lowest BCUT2D eigenvalue weighted by Crippen LogP contribution is -2.42. The molecule has 0 saturated carbocycles. The number of halogens is 2. The van der Waals surface area contributed by atoms with E-state index in [1.54, 1.807) is 6.07 Å². The van der Waals surface area contributed by atoms with Crippen LogP contribution < -0.4 is 20.9 Å². The maximum atomic E-state index is 14.0. The molecule has 0 aliphatic rings. The number of pyridine rings is 1. The van der Waals surface area contributed by atoms with Crippen LogP contribution in [-0.2, 0) is 11.3 Å². The number of rotatable bonds is 11. The van der Waals surface area contributed by atoms with Crippen molar-refractivity contribution in [2.24, 2.45) is 5.41 Å². The predicted molar refractivity (Wildman–Crippen MR) is 152 cm³/mol. The second kappa shape index (κ2) is 12.5. The zero-order valence-electron chi connectivity index (χ0n) is 21.9. The molecule has 204 valence electrons. The summed E-state index contributed by atoms with van der Waals surface area (Å²) in [5, 5.41) is 16.6. The molecule has 2 aromatic carbocycles. The molecule has 3 rings (SSSR count). The molecule has 8 nitrogen and oxygen atoms in total. The first-order valence-corrected chi connectivity index (χ1v) is 13.2. The topological polar surface area (TPSA) is 110 Å². The molecule has 0 radical (unpaired) electrons. The highest BCUT2D eigenvalue weighted by molar-refractivity contribution is 6.42. The summed E-state index contributed by atoms with van der Waals surface area (Å²) in [7, 11) is 0. The molecule has 0 aliphatic heterocycles. The van der Waals surface area contributed by atoms with Crippen LogP contribution in [0.4, 0.5) is 10.5 Å². The third-order valence-electron chi connectivity index (χ3n) is 6.13. The fourth-order valence-electron chi connectivity index (χ4n) is 4.25. The summed E-state index contributed by atoms with van der Waals surface area (Å²) in [6.07, 6.45) is 1.06. The van der Waals surface area contributed by atoms with Crippen molar-refractivity contribution in [3.63, 3.8) is 0 Å². The van der Waals surface area contributed by atoms with Gasteiger partial charge in [0.25, 0.3) is 5.56 Å². The van der Waals surface area contributed by atoms with Crippen LogP contribution >= 0.6 is 23.2 Å². The molecule has 0 saturated heterocycles. The average Bonchev–Trinajstić information content (AvgIpc) is 2.86. The number of unbranched alkanes of at least 4 members (excludes halogenated alkanes) is 1. The van der Waals surface area contributed by atoms with Gasteiger partial charge in [-0.05, 0) is 36.1 Å². The molecule has 2 atom stereocenters. The lowest BCUT2D eigenvalue weighted by Gasteiger charge is -2.35. The Labute approximate surface area is 231 Å². The normalized spacial score (nSPS) is 13.1. The van der Waals surface area contributed by atoms with E-state index < -0.39 is 29.2 Å². The number of para-hydroxylation sites is 1. The summed E-state index contributed by atoms with van der Waals surface area (Å²) in [5.74, 6) is 0.324. The van der Waals surface area contributed by atoms with E-state index in [1.165, 1.54) is 10.6 Å². The van der Waals surface area contributed by atoms with Gasteiger partial charge in [-0.3, -0.25) is 4.79 Å². The molecular weight excluding hydrogens is 529 g/mol. The molecule has 10 heteroatoms. The van der Waals surface area contributed by atoms with Gasteiger partial charge in [0.15, 0.2) is 0 Å². The molecular formula is C28H33Cl2N3O5. The quantitative estimate of drug-likeness (QED) is 0.181. The van der Waals surface area contributed by atoms with Gasteiger partial charge in [-0.25, -0.2) is 4.79 Å². The Morgan fingerprint density at radius 3 is 2.32 bits per heavy atom. The maximum absolute atomic E-state index is 14.0. The second-order valence-corrected chi connectivity index (χ2v) is 11.0. The number of carboxylic acid groups (broad SMARTS) is 1. The van der Waals surface area contributed by atoms with E-state index in [9.17, 15) is 19.5 Å². The fraction of sp³-hybridized carbons (Fsp3) is 0.393. The van der Waals surface area contributed by atoms with Gasteiger partial charge < -0.3 is 29.8 Å². The van der Waals surface area contributed by atoms with Gasteiger partial charge in [0.2, 0.25) is 0 Å². The lowest BCUT2D eigenvalue weighted by atomic mass is 9.83. The highest BCUT2D eigenvalue weighted by Crippen LogP contribution is 2.42. The summed E-state index contributed by atoms with van der Waals surface area (Å²) in [6.45, 7) is 7.85. The number of carbonyl (C=O) groups excluding carboxylic acids is 1. The molecule has 1 aromatic heterocycles. The van der Waals surface area contributed by atoms with Crippen molar-refractivity contribution in [1.82, 2.24) is 9.88 Å². The Morgan fingerprint density at radius 2 is 1.76 bits per heavy atom. The van der Waals surface area contributed by atoms with Crippen molar-refractivity contribution < 1.29 is 19.4 Å². The van der Waals surface area contributed by atoms with Gasteiger partial charge in [-0.15, -0.1) is 0 Å². The van der Waals surface area contributed by atoms with E-state index in [2.05, 4.69) is 10.6 Å². The summed E-state index contributed by atoms with van der Waals surface area (Å²) in [5.41, 5.74) is -0.110. The second-order valence-electron chi connectivity index (χ2n) is 10.1. The average molecular weight is 562 g/mol. The number of nitrogens with one attached hydrogen (secondary N) is 2. The molecule has 2 unspecified atom stereocenters. The zero-order chi connectivity index (χ0) is 28.0. The third-order valence-corrected chi connectivity index (χ3v) is 6.85. The van der Waals surface area contributed by atoms with E-state index in [0.29, 0.717) is 29.1 Å². The molecule has 0 bridgehead atoms. The van der Waals surface area contributed by atoms with E-state index in [0.717, 1.165) is 19.1 Å². The van der Waals surface area contributed by atoms with Crippen molar-refractivity contribution in [3.05, 3.63) is 68.6 Å².